The van der Waals surface area contributed by atoms with Gasteiger partial charge in [0.05, 0.1) is 6.61 Å². The van der Waals surface area contributed by atoms with Crippen molar-refractivity contribution in [3.05, 3.63) is 24.0 Å². The Morgan fingerprint density at radius 2 is 2.37 bits per heavy atom. The Morgan fingerprint density at radius 3 is 3.11 bits per heavy atom. The normalized spacial score (nSPS) is 18.7. The van der Waals surface area contributed by atoms with Crippen LogP contribution in [0.3, 0.4) is 0 Å². The summed E-state index contributed by atoms with van der Waals surface area (Å²) in [6, 6.07) is 0. The van der Waals surface area contributed by atoms with Gasteiger partial charge in [0.2, 0.25) is 17.2 Å². The molecule has 1 N–H and O–H groups in total. The Kier molecular flexibility index (Phi) is 3.56. The molecule has 3 heterocycles. The number of hydrogen-bond donors (Lipinski definition) is 1. The molecule has 19 heavy (non-hydrogen) atoms. The van der Waals surface area contributed by atoms with Gasteiger partial charge in [-0.15, -0.1) is 0 Å². The van der Waals surface area contributed by atoms with Gasteiger partial charge in [-0.05, 0) is 18.0 Å². The molecule has 100 valence electrons. The summed E-state index contributed by atoms with van der Waals surface area (Å²) in [7, 11) is 0. The summed E-state index contributed by atoms with van der Waals surface area (Å²) in [5, 5.41) is 3.33. The Morgan fingerprint density at radius 1 is 1.42 bits per heavy atom. The summed E-state index contributed by atoms with van der Waals surface area (Å²) in [5.74, 6) is 1.41. The van der Waals surface area contributed by atoms with Crippen molar-refractivity contribution in [2.24, 2.45) is 5.92 Å². The second kappa shape index (κ2) is 5.50. The molecule has 0 spiro atoms. The smallest absolute Gasteiger partial charge is 0.241 e. The zero-order valence-corrected chi connectivity index (χ0v) is 10.9. The average molecular weight is 281 g/mol. The number of anilines is 1. The lowest BCUT2D eigenvalue weighted by molar-refractivity contribution is 0.187. The van der Waals surface area contributed by atoms with E-state index in [4.69, 9.17) is 16.3 Å². The summed E-state index contributed by atoms with van der Waals surface area (Å²) in [6.45, 7) is 2.37. The number of aromatic nitrogens is 5. The van der Waals surface area contributed by atoms with Crippen LogP contribution in [0.4, 0.5) is 5.95 Å². The molecule has 2 aromatic rings. The van der Waals surface area contributed by atoms with E-state index in [1.54, 1.807) is 23.3 Å². The van der Waals surface area contributed by atoms with Crippen LogP contribution in [-0.4, -0.2) is 44.3 Å². The number of hydrogen-bond acceptors (Lipinski definition) is 6. The van der Waals surface area contributed by atoms with Crippen molar-refractivity contribution >= 4 is 17.5 Å². The maximum absolute atomic E-state index is 5.90. The molecule has 3 rings (SSSR count). The number of ether oxygens (including phenoxy) is 1. The third-order valence-electron chi connectivity index (χ3n) is 2.90. The quantitative estimate of drug-likeness (QED) is 0.905. The van der Waals surface area contributed by atoms with Gasteiger partial charge in [-0.1, -0.05) is 0 Å². The van der Waals surface area contributed by atoms with Gasteiger partial charge in [-0.3, -0.25) is 4.57 Å². The Bertz CT molecular complexity index is 540. The zero-order chi connectivity index (χ0) is 13.1. The molecule has 0 saturated carbocycles. The first kappa shape index (κ1) is 12.3. The zero-order valence-electron chi connectivity index (χ0n) is 10.2. The van der Waals surface area contributed by atoms with E-state index in [0.29, 0.717) is 17.8 Å². The van der Waals surface area contributed by atoms with E-state index >= 15 is 0 Å². The van der Waals surface area contributed by atoms with E-state index in [-0.39, 0.29) is 5.28 Å². The van der Waals surface area contributed by atoms with Crippen LogP contribution in [0.1, 0.15) is 6.42 Å². The molecule has 1 unspecified atom stereocenters. The van der Waals surface area contributed by atoms with E-state index in [0.717, 1.165) is 26.2 Å². The predicted molar refractivity (Wildman–Crippen MR) is 69.4 cm³/mol. The Balaban J connectivity index is 1.74. The predicted octanol–water partition coefficient (Wildman–Crippen LogP) is 1.16. The highest BCUT2D eigenvalue weighted by Gasteiger charge is 2.16. The van der Waals surface area contributed by atoms with Crippen LogP contribution < -0.4 is 5.32 Å². The van der Waals surface area contributed by atoms with Crippen molar-refractivity contribution < 1.29 is 4.74 Å². The fraction of sp³-hybridized carbons (Fsp3) is 0.455. The van der Waals surface area contributed by atoms with Gasteiger partial charge in [0.1, 0.15) is 6.33 Å². The lowest BCUT2D eigenvalue weighted by atomic mass is 10.1. The average Bonchev–Trinajstić information content (AvgIpc) is 3.09. The van der Waals surface area contributed by atoms with Crippen molar-refractivity contribution in [1.29, 1.82) is 0 Å². The molecule has 0 bridgehead atoms. The first-order valence-corrected chi connectivity index (χ1v) is 6.40. The van der Waals surface area contributed by atoms with Gasteiger partial charge in [-0.25, -0.2) is 4.98 Å². The van der Waals surface area contributed by atoms with Gasteiger partial charge in [0, 0.05) is 31.5 Å². The minimum atomic E-state index is 0.156. The molecule has 0 amide bonds. The van der Waals surface area contributed by atoms with Crippen molar-refractivity contribution in [3.63, 3.8) is 0 Å². The van der Waals surface area contributed by atoms with Crippen LogP contribution in [0, 0.1) is 5.92 Å². The maximum atomic E-state index is 5.90. The fourth-order valence-electron chi connectivity index (χ4n) is 1.89. The highest BCUT2D eigenvalue weighted by Crippen LogP contribution is 2.14. The molecule has 1 aliphatic heterocycles. The maximum Gasteiger partial charge on any atom is 0.241 e. The van der Waals surface area contributed by atoms with Gasteiger partial charge in [-0.2, -0.15) is 15.0 Å². The van der Waals surface area contributed by atoms with Crippen molar-refractivity contribution in [1.82, 2.24) is 24.5 Å². The molecule has 1 aliphatic rings. The highest BCUT2D eigenvalue weighted by atomic mass is 35.5. The number of halogens is 1. The van der Waals surface area contributed by atoms with Crippen LogP contribution in [0.15, 0.2) is 18.7 Å². The molecule has 2 aromatic heterocycles. The summed E-state index contributed by atoms with van der Waals surface area (Å²) in [6.07, 6.45) is 6.07. The van der Waals surface area contributed by atoms with E-state index in [1.165, 1.54) is 0 Å². The van der Waals surface area contributed by atoms with Crippen LogP contribution in [0.2, 0.25) is 5.28 Å². The SMILES string of the molecule is Clc1nc(NCC2CCOC2)nc(-n2ccnc2)n1. The van der Waals surface area contributed by atoms with Crippen molar-refractivity contribution in [3.8, 4) is 5.95 Å². The van der Waals surface area contributed by atoms with Crippen LogP contribution in [0.25, 0.3) is 5.95 Å². The van der Waals surface area contributed by atoms with E-state index in [1.807, 2.05) is 0 Å². The lowest BCUT2D eigenvalue weighted by Gasteiger charge is -2.10. The highest BCUT2D eigenvalue weighted by molar-refractivity contribution is 6.28. The second-order valence-electron chi connectivity index (χ2n) is 4.31. The van der Waals surface area contributed by atoms with Gasteiger partial charge >= 0.3 is 0 Å². The number of rotatable bonds is 4. The van der Waals surface area contributed by atoms with Crippen molar-refractivity contribution in [2.45, 2.75) is 6.42 Å². The lowest BCUT2D eigenvalue weighted by Crippen LogP contribution is -2.16. The topological polar surface area (TPSA) is 77.8 Å². The molecule has 1 saturated heterocycles. The van der Waals surface area contributed by atoms with Gasteiger partial charge < -0.3 is 10.1 Å². The summed E-state index contributed by atoms with van der Waals surface area (Å²) in [5.41, 5.74) is 0. The van der Waals surface area contributed by atoms with Gasteiger partial charge in [0.25, 0.3) is 0 Å². The van der Waals surface area contributed by atoms with E-state index < -0.39 is 0 Å². The number of nitrogens with zero attached hydrogens (tertiary/aromatic N) is 5. The fourth-order valence-corrected chi connectivity index (χ4v) is 2.05. The number of imidazole rings is 1. The van der Waals surface area contributed by atoms with E-state index in [9.17, 15) is 0 Å². The van der Waals surface area contributed by atoms with Gasteiger partial charge in [0.15, 0.2) is 0 Å². The van der Waals surface area contributed by atoms with Crippen LogP contribution >= 0.6 is 11.6 Å². The van der Waals surface area contributed by atoms with Crippen molar-refractivity contribution in [2.75, 3.05) is 25.1 Å². The summed E-state index contributed by atoms with van der Waals surface area (Å²) < 4.78 is 7.00. The first-order chi connectivity index (χ1) is 9.31. The molecular weight excluding hydrogens is 268 g/mol. The molecule has 7 nitrogen and oxygen atoms in total. The minimum Gasteiger partial charge on any atom is -0.381 e. The number of nitrogens with one attached hydrogen (secondary N) is 1. The molecule has 1 fully saturated rings. The molecular formula is C11H13ClN6O. The monoisotopic (exact) mass is 280 g/mol. The standard InChI is InChI=1S/C11H13ClN6O/c12-9-15-10(14-5-8-1-4-19-6-8)17-11(16-9)18-3-2-13-7-18/h2-3,7-8H,1,4-6H2,(H,14,15,16,17). The van der Waals surface area contributed by atoms with E-state index in [2.05, 4.69) is 25.3 Å². The van der Waals surface area contributed by atoms with Crippen LogP contribution in [-0.2, 0) is 4.74 Å². The summed E-state index contributed by atoms with van der Waals surface area (Å²) >= 11 is 5.90. The molecule has 1 atom stereocenters. The summed E-state index contributed by atoms with van der Waals surface area (Å²) in [4.78, 5) is 16.4. The minimum absolute atomic E-state index is 0.156. The Hall–Kier alpha value is -1.73. The third kappa shape index (κ3) is 2.99. The molecule has 0 aromatic carbocycles. The largest absolute Gasteiger partial charge is 0.381 e. The third-order valence-corrected chi connectivity index (χ3v) is 3.07. The molecule has 8 heteroatoms. The second-order valence-corrected chi connectivity index (χ2v) is 4.65. The molecule has 0 aliphatic carbocycles. The first-order valence-electron chi connectivity index (χ1n) is 6.03. The Labute approximate surface area is 115 Å². The van der Waals surface area contributed by atoms with Crippen LogP contribution in [0.5, 0.6) is 0 Å². The molecule has 0 radical (unpaired) electrons.